The maximum Gasteiger partial charge on any atom is 0.265 e. The number of nitrogens with one attached hydrogen (secondary N) is 2. The maximum absolute atomic E-state index is 12.7. The summed E-state index contributed by atoms with van der Waals surface area (Å²) in [4.78, 5) is 12.5. The Labute approximate surface area is 187 Å². The minimum absolute atomic E-state index is 0.0923. The molecule has 162 valence electrons. The molecule has 8 heteroatoms. The highest BCUT2D eigenvalue weighted by atomic mass is 35.5. The highest BCUT2D eigenvalue weighted by molar-refractivity contribution is 7.92. The van der Waals surface area contributed by atoms with Crippen molar-refractivity contribution in [2.24, 2.45) is 0 Å². The Kier molecular flexibility index (Phi) is 6.87. The predicted molar refractivity (Wildman–Crippen MR) is 123 cm³/mol. The van der Waals surface area contributed by atoms with Crippen LogP contribution in [0.2, 0.25) is 5.02 Å². The molecular formula is C23H23ClN2O4S. The summed E-state index contributed by atoms with van der Waals surface area (Å²) in [5.41, 5.74) is 2.77. The first-order valence-corrected chi connectivity index (χ1v) is 11.4. The first-order chi connectivity index (χ1) is 14.6. The fourth-order valence-corrected chi connectivity index (χ4v) is 4.11. The molecule has 0 aromatic heterocycles. The second-order valence-electron chi connectivity index (χ2n) is 7.15. The third kappa shape index (κ3) is 5.99. The summed E-state index contributed by atoms with van der Waals surface area (Å²) in [6.07, 6.45) is -0.771. The summed E-state index contributed by atoms with van der Waals surface area (Å²) in [5.74, 6) is 0.109. The number of hydrogen-bond donors (Lipinski definition) is 2. The van der Waals surface area contributed by atoms with Crippen LogP contribution >= 0.6 is 11.6 Å². The molecule has 0 bridgehead atoms. The zero-order valence-corrected chi connectivity index (χ0v) is 18.9. The SMILES string of the molecule is Cc1ccc(C)c(NS(=O)(=O)c2ccc(NC(=O)C(C)Oc3cccc(Cl)c3)cc2)c1. The monoisotopic (exact) mass is 458 g/mol. The van der Waals surface area contributed by atoms with Gasteiger partial charge in [0.15, 0.2) is 6.10 Å². The fourth-order valence-electron chi connectivity index (χ4n) is 2.81. The second-order valence-corrected chi connectivity index (χ2v) is 9.27. The van der Waals surface area contributed by atoms with Crippen LogP contribution in [-0.4, -0.2) is 20.4 Å². The Morgan fingerprint density at radius 3 is 2.39 bits per heavy atom. The van der Waals surface area contributed by atoms with Crippen LogP contribution in [0.25, 0.3) is 0 Å². The molecule has 0 saturated heterocycles. The Hall–Kier alpha value is -3.03. The number of hydrogen-bond acceptors (Lipinski definition) is 4. The normalized spacial score (nSPS) is 12.1. The van der Waals surface area contributed by atoms with Crippen molar-refractivity contribution >= 4 is 38.9 Å². The summed E-state index contributed by atoms with van der Waals surface area (Å²) in [6, 6.07) is 18.3. The van der Waals surface area contributed by atoms with Crippen molar-refractivity contribution in [1.29, 1.82) is 0 Å². The van der Waals surface area contributed by atoms with Gasteiger partial charge in [0.05, 0.1) is 10.6 Å². The first kappa shape index (κ1) is 22.7. The number of amides is 1. The molecule has 2 N–H and O–H groups in total. The zero-order chi connectivity index (χ0) is 22.6. The van der Waals surface area contributed by atoms with Gasteiger partial charge in [0.1, 0.15) is 5.75 Å². The number of aryl methyl sites for hydroxylation is 2. The fraction of sp³-hybridized carbons (Fsp3) is 0.174. The molecule has 0 aliphatic carbocycles. The van der Waals surface area contributed by atoms with Gasteiger partial charge in [-0.05, 0) is 80.4 Å². The largest absolute Gasteiger partial charge is 0.481 e. The van der Waals surface area contributed by atoms with Crippen LogP contribution in [0.4, 0.5) is 11.4 Å². The molecule has 0 radical (unpaired) electrons. The predicted octanol–water partition coefficient (Wildman–Crippen LogP) is 5.16. The van der Waals surface area contributed by atoms with Crippen LogP contribution in [0, 0.1) is 13.8 Å². The standard InChI is InChI=1S/C23H23ClN2O4S/c1-15-7-8-16(2)22(13-15)26-31(28,29)21-11-9-19(10-12-21)25-23(27)17(3)30-20-6-4-5-18(24)14-20/h4-14,17,26H,1-3H3,(H,25,27). The Balaban J connectivity index is 1.66. The summed E-state index contributed by atoms with van der Waals surface area (Å²) < 4.78 is 33.6. The average molecular weight is 459 g/mol. The lowest BCUT2D eigenvalue weighted by Gasteiger charge is -2.15. The quantitative estimate of drug-likeness (QED) is 0.512. The lowest BCUT2D eigenvalue weighted by Crippen LogP contribution is -2.30. The number of ether oxygens (including phenoxy) is 1. The van der Waals surface area contributed by atoms with Gasteiger partial charge in [0.2, 0.25) is 0 Å². The van der Waals surface area contributed by atoms with Crippen LogP contribution in [0.15, 0.2) is 71.6 Å². The Morgan fingerprint density at radius 1 is 1.00 bits per heavy atom. The van der Waals surface area contributed by atoms with Gasteiger partial charge in [0.25, 0.3) is 15.9 Å². The van der Waals surface area contributed by atoms with E-state index in [1.54, 1.807) is 37.3 Å². The summed E-state index contributed by atoms with van der Waals surface area (Å²) in [7, 11) is -3.76. The maximum atomic E-state index is 12.7. The molecule has 1 amide bonds. The molecule has 6 nitrogen and oxygen atoms in total. The van der Waals surface area contributed by atoms with Gasteiger partial charge in [-0.1, -0.05) is 29.8 Å². The molecule has 0 saturated carbocycles. The van der Waals surface area contributed by atoms with Crippen LogP contribution in [0.1, 0.15) is 18.1 Å². The molecule has 3 aromatic carbocycles. The van der Waals surface area contributed by atoms with Gasteiger partial charge in [0, 0.05) is 10.7 Å². The number of benzene rings is 3. The van der Waals surface area contributed by atoms with Gasteiger partial charge >= 0.3 is 0 Å². The number of sulfonamides is 1. The third-order valence-electron chi connectivity index (χ3n) is 4.55. The Bertz CT molecular complexity index is 1190. The van der Waals surface area contributed by atoms with E-state index in [9.17, 15) is 13.2 Å². The molecule has 0 aliphatic heterocycles. The summed E-state index contributed by atoms with van der Waals surface area (Å²) in [5, 5.41) is 3.22. The zero-order valence-electron chi connectivity index (χ0n) is 17.3. The van der Waals surface area contributed by atoms with Crippen molar-refractivity contribution in [2.45, 2.75) is 31.8 Å². The lowest BCUT2D eigenvalue weighted by atomic mass is 10.1. The highest BCUT2D eigenvalue weighted by Crippen LogP contribution is 2.23. The van der Waals surface area contributed by atoms with Gasteiger partial charge < -0.3 is 10.1 Å². The summed E-state index contributed by atoms with van der Waals surface area (Å²) in [6.45, 7) is 5.34. The minimum atomic E-state index is -3.76. The number of halogens is 1. The molecule has 1 atom stereocenters. The number of rotatable bonds is 7. The van der Waals surface area contributed by atoms with E-state index >= 15 is 0 Å². The van der Waals surface area contributed by atoms with Crippen LogP contribution in [0.3, 0.4) is 0 Å². The van der Waals surface area contributed by atoms with Crippen molar-refractivity contribution in [1.82, 2.24) is 0 Å². The van der Waals surface area contributed by atoms with E-state index in [2.05, 4.69) is 10.0 Å². The van der Waals surface area contributed by atoms with Crippen molar-refractivity contribution in [3.05, 3.63) is 82.9 Å². The average Bonchev–Trinajstić information content (AvgIpc) is 2.71. The van der Waals surface area contributed by atoms with E-state index in [0.717, 1.165) is 11.1 Å². The van der Waals surface area contributed by atoms with E-state index in [1.165, 1.54) is 24.3 Å². The first-order valence-electron chi connectivity index (χ1n) is 9.57. The number of carbonyl (C=O) groups excluding carboxylic acids is 1. The minimum Gasteiger partial charge on any atom is -0.481 e. The Morgan fingerprint density at radius 2 is 1.71 bits per heavy atom. The molecular weight excluding hydrogens is 436 g/mol. The molecule has 3 aromatic rings. The van der Waals surface area contributed by atoms with Crippen LogP contribution in [0.5, 0.6) is 5.75 Å². The van der Waals surface area contributed by atoms with E-state index in [1.807, 2.05) is 26.0 Å². The molecule has 0 aliphatic rings. The van der Waals surface area contributed by atoms with Gasteiger partial charge in [-0.2, -0.15) is 0 Å². The van der Waals surface area contributed by atoms with Gasteiger partial charge in [-0.15, -0.1) is 0 Å². The van der Waals surface area contributed by atoms with E-state index < -0.39 is 16.1 Å². The van der Waals surface area contributed by atoms with Crippen molar-refractivity contribution in [3.63, 3.8) is 0 Å². The smallest absolute Gasteiger partial charge is 0.265 e. The number of carbonyl (C=O) groups is 1. The van der Waals surface area contributed by atoms with Crippen molar-refractivity contribution < 1.29 is 17.9 Å². The third-order valence-corrected chi connectivity index (χ3v) is 6.16. The molecule has 0 heterocycles. The topological polar surface area (TPSA) is 84.5 Å². The molecule has 0 spiro atoms. The molecule has 31 heavy (non-hydrogen) atoms. The van der Waals surface area contributed by atoms with Crippen LogP contribution < -0.4 is 14.8 Å². The highest BCUT2D eigenvalue weighted by Gasteiger charge is 2.18. The molecule has 3 rings (SSSR count). The second kappa shape index (κ2) is 9.41. The lowest BCUT2D eigenvalue weighted by molar-refractivity contribution is -0.122. The molecule has 1 unspecified atom stereocenters. The van der Waals surface area contributed by atoms with Crippen LogP contribution in [-0.2, 0) is 14.8 Å². The van der Waals surface area contributed by atoms with Crippen molar-refractivity contribution in [2.75, 3.05) is 10.0 Å². The number of anilines is 2. The van der Waals surface area contributed by atoms with Gasteiger partial charge in [-0.3, -0.25) is 9.52 Å². The van der Waals surface area contributed by atoms with Crippen molar-refractivity contribution in [3.8, 4) is 5.75 Å². The van der Waals surface area contributed by atoms with E-state index in [0.29, 0.717) is 22.1 Å². The van der Waals surface area contributed by atoms with E-state index in [4.69, 9.17) is 16.3 Å². The molecule has 0 fully saturated rings. The van der Waals surface area contributed by atoms with E-state index in [-0.39, 0.29) is 10.8 Å². The summed E-state index contributed by atoms with van der Waals surface area (Å²) >= 11 is 5.92. The van der Waals surface area contributed by atoms with Gasteiger partial charge in [-0.25, -0.2) is 8.42 Å².